The quantitative estimate of drug-likeness (QED) is 0.660. The minimum Gasteiger partial charge on any atom is -0.493 e. The van der Waals surface area contributed by atoms with Crippen LogP contribution < -0.4 is 19.5 Å². The molecule has 10 nitrogen and oxygen atoms in total. The molecule has 0 radical (unpaired) electrons. The Kier molecular flexibility index (Phi) is 6.67. The van der Waals surface area contributed by atoms with Gasteiger partial charge in [0.2, 0.25) is 10.0 Å². The minimum absolute atomic E-state index is 0.0600. The first kappa shape index (κ1) is 23.8. The van der Waals surface area contributed by atoms with Crippen molar-refractivity contribution < 1.29 is 32.2 Å². The number of hydrogen-bond acceptors (Lipinski definition) is 7. The van der Waals surface area contributed by atoms with Crippen LogP contribution in [0.1, 0.15) is 23.7 Å². The number of piperazine rings is 1. The molecule has 2 heterocycles. The molecule has 0 aromatic heterocycles. The van der Waals surface area contributed by atoms with Crippen molar-refractivity contribution in [1.29, 1.82) is 0 Å². The summed E-state index contributed by atoms with van der Waals surface area (Å²) in [5, 5.41) is 2.71. The topological polar surface area (TPSA) is 114 Å². The van der Waals surface area contributed by atoms with Gasteiger partial charge in [-0.1, -0.05) is 6.92 Å². The second-order valence-electron chi connectivity index (χ2n) is 7.93. The summed E-state index contributed by atoms with van der Waals surface area (Å²) in [6.07, 6.45) is -0.0799. The number of rotatable bonds is 6. The third-order valence-electron chi connectivity index (χ3n) is 5.94. The average Bonchev–Trinajstić information content (AvgIpc) is 2.87. The summed E-state index contributed by atoms with van der Waals surface area (Å²) >= 11 is 0. The van der Waals surface area contributed by atoms with E-state index in [4.69, 9.17) is 14.2 Å². The van der Waals surface area contributed by atoms with Gasteiger partial charge in [-0.25, -0.2) is 8.42 Å². The number of benzene rings is 2. The van der Waals surface area contributed by atoms with Gasteiger partial charge >= 0.3 is 0 Å². The van der Waals surface area contributed by atoms with Crippen molar-refractivity contribution in [2.45, 2.75) is 24.3 Å². The lowest BCUT2D eigenvalue weighted by Gasteiger charge is -2.34. The van der Waals surface area contributed by atoms with Gasteiger partial charge in [0.05, 0.1) is 24.8 Å². The Hall–Kier alpha value is -3.31. The Morgan fingerprint density at radius 2 is 1.76 bits per heavy atom. The van der Waals surface area contributed by atoms with Gasteiger partial charge in [-0.05, 0) is 42.8 Å². The van der Waals surface area contributed by atoms with E-state index in [2.05, 4.69) is 5.32 Å². The first-order valence-corrected chi connectivity index (χ1v) is 12.4. The van der Waals surface area contributed by atoms with E-state index in [9.17, 15) is 18.0 Å². The van der Waals surface area contributed by atoms with E-state index < -0.39 is 16.1 Å². The number of nitrogens with zero attached hydrogens (tertiary/aromatic N) is 2. The predicted octanol–water partition coefficient (Wildman–Crippen LogP) is 1.96. The number of methoxy groups -OCH3 is 2. The molecule has 182 valence electrons. The zero-order valence-corrected chi connectivity index (χ0v) is 20.1. The highest BCUT2D eigenvalue weighted by atomic mass is 32.2. The number of carbonyl (C=O) groups is 2. The molecule has 0 bridgehead atoms. The van der Waals surface area contributed by atoms with Gasteiger partial charge < -0.3 is 24.4 Å². The molecular formula is C23H27N3O7S. The van der Waals surface area contributed by atoms with E-state index in [1.54, 1.807) is 29.2 Å². The van der Waals surface area contributed by atoms with Crippen molar-refractivity contribution in [1.82, 2.24) is 9.21 Å². The van der Waals surface area contributed by atoms with Crippen LogP contribution in [0.5, 0.6) is 17.2 Å². The molecule has 1 atom stereocenters. The Morgan fingerprint density at radius 1 is 1.06 bits per heavy atom. The van der Waals surface area contributed by atoms with Crippen molar-refractivity contribution in [2.75, 3.05) is 45.7 Å². The number of nitrogens with one attached hydrogen (secondary N) is 1. The highest BCUT2D eigenvalue weighted by molar-refractivity contribution is 7.89. The Morgan fingerprint density at radius 3 is 2.41 bits per heavy atom. The maximum Gasteiger partial charge on any atom is 0.265 e. The summed E-state index contributed by atoms with van der Waals surface area (Å²) in [6, 6.07) is 9.36. The smallest absolute Gasteiger partial charge is 0.265 e. The molecule has 4 rings (SSSR count). The molecule has 2 aliphatic heterocycles. The van der Waals surface area contributed by atoms with Gasteiger partial charge in [0.15, 0.2) is 17.6 Å². The van der Waals surface area contributed by atoms with E-state index in [1.165, 1.54) is 30.7 Å². The summed E-state index contributed by atoms with van der Waals surface area (Å²) in [5.41, 5.74) is 0.766. The maximum absolute atomic E-state index is 13.2. The van der Waals surface area contributed by atoms with Gasteiger partial charge in [-0.2, -0.15) is 4.31 Å². The number of carbonyl (C=O) groups excluding carboxylic acids is 2. The number of fused-ring (bicyclic) bond motifs is 1. The minimum atomic E-state index is -3.81. The fourth-order valence-corrected chi connectivity index (χ4v) is 5.44. The molecule has 0 aliphatic carbocycles. The molecule has 1 saturated heterocycles. The van der Waals surface area contributed by atoms with Crippen LogP contribution in [0.4, 0.5) is 5.69 Å². The molecule has 2 amide bonds. The average molecular weight is 490 g/mol. The van der Waals surface area contributed by atoms with Gasteiger partial charge in [-0.3, -0.25) is 9.59 Å². The second-order valence-corrected chi connectivity index (χ2v) is 9.87. The van der Waals surface area contributed by atoms with Crippen LogP contribution in [-0.4, -0.2) is 75.9 Å². The van der Waals surface area contributed by atoms with Crippen LogP contribution in [-0.2, 0) is 14.8 Å². The maximum atomic E-state index is 13.2. The Labute approximate surface area is 198 Å². The summed E-state index contributed by atoms with van der Waals surface area (Å²) in [4.78, 5) is 26.7. The largest absolute Gasteiger partial charge is 0.493 e. The molecule has 2 aromatic rings. The molecule has 34 heavy (non-hydrogen) atoms. The zero-order chi connectivity index (χ0) is 24.5. The molecule has 0 saturated carbocycles. The zero-order valence-electron chi connectivity index (χ0n) is 19.2. The predicted molar refractivity (Wildman–Crippen MR) is 124 cm³/mol. The fourth-order valence-electron chi connectivity index (χ4n) is 3.99. The van der Waals surface area contributed by atoms with E-state index in [-0.39, 0.29) is 42.9 Å². The molecule has 11 heteroatoms. The van der Waals surface area contributed by atoms with Crippen LogP contribution in [0.25, 0.3) is 0 Å². The fraction of sp³-hybridized carbons (Fsp3) is 0.391. The van der Waals surface area contributed by atoms with E-state index in [0.29, 0.717) is 34.9 Å². The van der Waals surface area contributed by atoms with Crippen LogP contribution in [0.15, 0.2) is 41.3 Å². The van der Waals surface area contributed by atoms with Crippen LogP contribution in [0, 0.1) is 0 Å². The summed E-state index contributed by atoms with van der Waals surface area (Å²) in [7, 11) is -0.799. The van der Waals surface area contributed by atoms with E-state index in [1.807, 2.05) is 6.92 Å². The standard InChI is InChI=1S/C23H27N3O7S/c1-4-18-22(27)24-17-14-16(6-8-19(17)33-18)34(29,30)26-11-9-25(10-12-26)23(28)15-5-7-20(31-2)21(13-15)32-3/h5-8,13-14,18H,4,9-12H2,1-3H3,(H,24,27). The molecule has 1 unspecified atom stereocenters. The summed E-state index contributed by atoms with van der Waals surface area (Å²) in [6.45, 7) is 2.63. The lowest BCUT2D eigenvalue weighted by atomic mass is 10.1. The molecule has 2 aliphatic rings. The SMILES string of the molecule is CCC1Oc2ccc(S(=O)(=O)N3CCN(C(=O)c4ccc(OC)c(OC)c4)CC3)cc2NC1=O. The van der Waals surface area contributed by atoms with Gasteiger partial charge in [0.25, 0.3) is 11.8 Å². The molecule has 0 spiro atoms. The first-order chi connectivity index (χ1) is 16.3. The monoisotopic (exact) mass is 489 g/mol. The Bertz CT molecular complexity index is 1210. The Balaban J connectivity index is 1.45. The molecule has 2 aromatic carbocycles. The molecule has 1 fully saturated rings. The summed E-state index contributed by atoms with van der Waals surface area (Å²) < 4.78 is 43.9. The van der Waals surface area contributed by atoms with Gasteiger partial charge in [-0.15, -0.1) is 0 Å². The number of hydrogen-bond donors (Lipinski definition) is 1. The number of sulfonamides is 1. The van der Waals surface area contributed by atoms with E-state index >= 15 is 0 Å². The van der Waals surface area contributed by atoms with Crippen LogP contribution >= 0.6 is 0 Å². The number of ether oxygens (including phenoxy) is 3. The van der Waals surface area contributed by atoms with Crippen molar-refractivity contribution in [2.24, 2.45) is 0 Å². The lowest BCUT2D eigenvalue weighted by Crippen LogP contribution is -2.50. The van der Waals surface area contributed by atoms with E-state index in [0.717, 1.165) is 0 Å². The van der Waals surface area contributed by atoms with Crippen molar-refractivity contribution >= 4 is 27.5 Å². The van der Waals surface area contributed by atoms with Gasteiger partial charge in [0.1, 0.15) is 5.75 Å². The van der Waals surface area contributed by atoms with Crippen molar-refractivity contribution in [3.05, 3.63) is 42.0 Å². The molecular weight excluding hydrogens is 462 g/mol. The third kappa shape index (κ3) is 4.40. The second kappa shape index (κ2) is 9.51. The third-order valence-corrected chi connectivity index (χ3v) is 7.83. The summed E-state index contributed by atoms with van der Waals surface area (Å²) in [5.74, 6) is 0.898. The van der Waals surface area contributed by atoms with Gasteiger partial charge in [0, 0.05) is 31.7 Å². The number of amides is 2. The first-order valence-electron chi connectivity index (χ1n) is 10.9. The number of anilines is 1. The highest BCUT2D eigenvalue weighted by Crippen LogP contribution is 2.34. The van der Waals surface area contributed by atoms with Crippen molar-refractivity contribution in [3.8, 4) is 17.2 Å². The van der Waals surface area contributed by atoms with Crippen molar-refractivity contribution in [3.63, 3.8) is 0 Å². The van der Waals surface area contributed by atoms with Crippen LogP contribution in [0.3, 0.4) is 0 Å². The normalized spacial score (nSPS) is 18.5. The van der Waals surface area contributed by atoms with Crippen LogP contribution in [0.2, 0.25) is 0 Å². The highest BCUT2D eigenvalue weighted by Gasteiger charge is 2.33. The lowest BCUT2D eigenvalue weighted by molar-refractivity contribution is -0.123. The molecule has 1 N–H and O–H groups in total.